The highest BCUT2D eigenvalue weighted by Gasteiger charge is 2.22. The Hall–Kier alpha value is -7.72. The summed E-state index contributed by atoms with van der Waals surface area (Å²) in [7, 11) is 0. The second-order valence-corrected chi connectivity index (χ2v) is 16.7. The first-order valence-electron chi connectivity index (χ1n) is 20.8. The van der Waals surface area contributed by atoms with E-state index in [0.29, 0.717) is 0 Å². The first kappa shape index (κ1) is 35.2. The van der Waals surface area contributed by atoms with Crippen LogP contribution < -0.4 is 4.90 Å². The summed E-state index contributed by atoms with van der Waals surface area (Å²) in [4.78, 5) is 2.47. The Kier molecular flexibility index (Phi) is 8.39. The number of hydrogen-bond acceptors (Lipinski definition) is 2. The average Bonchev–Trinajstić information content (AvgIpc) is 3.88. The average molecular weight is 795 g/mol. The molecule has 3 heteroatoms. The van der Waals surface area contributed by atoms with Gasteiger partial charge in [-0.05, 0) is 87.6 Å². The van der Waals surface area contributed by atoms with Gasteiger partial charge in [0, 0.05) is 47.8 Å². The van der Waals surface area contributed by atoms with E-state index < -0.39 is 0 Å². The largest absolute Gasteiger partial charge is 0.309 e. The molecule has 2 heterocycles. The van der Waals surface area contributed by atoms with Crippen molar-refractivity contribution < 1.29 is 0 Å². The molecule has 0 radical (unpaired) electrons. The van der Waals surface area contributed by atoms with Crippen molar-refractivity contribution >= 4 is 81.1 Å². The predicted molar refractivity (Wildman–Crippen MR) is 262 cm³/mol. The summed E-state index contributed by atoms with van der Waals surface area (Å²) in [5.41, 5.74) is 14.2. The van der Waals surface area contributed by atoms with Crippen molar-refractivity contribution in [1.82, 2.24) is 4.57 Å². The zero-order chi connectivity index (χ0) is 40.3. The molecule has 0 atom stereocenters. The fourth-order valence-electron chi connectivity index (χ4n) is 9.45. The molecule has 12 rings (SSSR count). The van der Waals surface area contributed by atoms with Crippen LogP contribution in [-0.4, -0.2) is 4.57 Å². The summed E-state index contributed by atoms with van der Waals surface area (Å²) in [6.07, 6.45) is 0. The summed E-state index contributed by atoms with van der Waals surface area (Å²) in [5, 5.41) is 7.56. The molecule has 0 bridgehead atoms. The van der Waals surface area contributed by atoms with Crippen LogP contribution in [0.15, 0.2) is 231 Å². The van der Waals surface area contributed by atoms with Crippen LogP contribution >= 0.6 is 11.3 Å². The van der Waals surface area contributed by atoms with Gasteiger partial charge in [-0.25, -0.2) is 0 Å². The summed E-state index contributed by atoms with van der Waals surface area (Å²) in [6.45, 7) is 0. The maximum Gasteiger partial charge on any atom is 0.0555 e. The number of aromatic nitrogens is 1. The van der Waals surface area contributed by atoms with Crippen LogP contribution in [0.5, 0.6) is 0 Å². The van der Waals surface area contributed by atoms with Gasteiger partial charge in [0.05, 0.1) is 28.1 Å². The summed E-state index contributed by atoms with van der Waals surface area (Å²) < 4.78 is 4.99. The minimum Gasteiger partial charge on any atom is -0.309 e. The summed E-state index contributed by atoms with van der Waals surface area (Å²) in [6, 6.07) is 84.1. The molecule has 0 spiro atoms. The molecular formula is C58H38N2S. The highest BCUT2D eigenvalue weighted by molar-refractivity contribution is 7.26. The van der Waals surface area contributed by atoms with Gasteiger partial charge < -0.3 is 9.47 Å². The summed E-state index contributed by atoms with van der Waals surface area (Å²) in [5.74, 6) is 0. The van der Waals surface area contributed by atoms with Crippen LogP contribution in [0.25, 0.3) is 91.8 Å². The SMILES string of the molecule is c1ccc(N(c2ccc(-c3ccc(-c4ccccc4-n4c5ccccc5c5ccccc54)cc3)cc2)c2cccc3sc4ccccc4c23)c(-c2cccc3ccccc23)c1. The molecule has 0 saturated carbocycles. The third kappa shape index (κ3) is 5.85. The molecule has 0 N–H and O–H groups in total. The van der Waals surface area contributed by atoms with Crippen molar-refractivity contribution in [2.45, 2.75) is 0 Å². The third-order valence-electron chi connectivity index (χ3n) is 12.2. The lowest BCUT2D eigenvalue weighted by molar-refractivity contribution is 1.18. The van der Waals surface area contributed by atoms with Crippen LogP contribution in [0, 0.1) is 0 Å². The van der Waals surface area contributed by atoms with Gasteiger partial charge in [0.15, 0.2) is 0 Å². The number of fused-ring (bicyclic) bond motifs is 7. The molecule has 2 aromatic heterocycles. The molecular weight excluding hydrogens is 757 g/mol. The Bertz CT molecular complexity index is 3530. The van der Waals surface area contributed by atoms with Crippen molar-refractivity contribution in [3.8, 4) is 39.1 Å². The molecule has 0 aliphatic heterocycles. The minimum atomic E-state index is 1.11. The van der Waals surface area contributed by atoms with Crippen LogP contribution in [0.3, 0.4) is 0 Å². The second-order valence-electron chi connectivity index (χ2n) is 15.6. The fourth-order valence-corrected chi connectivity index (χ4v) is 10.6. The van der Waals surface area contributed by atoms with Gasteiger partial charge in [-0.1, -0.05) is 176 Å². The fraction of sp³-hybridized carbons (Fsp3) is 0. The monoisotopic (exact) mass is 794 g/mol. The zero-order valence-electron chi connectivity index (χ0n) is 33.2. The molecule has 10 aromatic carbocycles. The predicted octanol–water partition coefficient (Wildman–Crippen LogP) is 16.8. The number of nitrogens with zero attached hydrogens (tertiary/aromatic N) is 2. The van der Waals surface area contributed by atoms with Gasteiger partial charge in [-0.2, -0.15) is 0 Å². The summed E-state index contributed by atoms with van der Waals surface area (Å²) >= 11 is 1.86. The van der Waals surface area contributed by atoms with Crippen molar-refractivity contribution in [1.29, 1.82) is 0 Å². The van der Waals surface area contributed by atoms with Crippen LogP contribution in [0.1, 0.15) is 0 Å². The van der Waals surface area contributed by atoms with E-state index in [1.165, 1.54) is 97.5 Å². The first-order valence-corrected chi connectivity index (χ1v) is 21.7. The van der Waals surface area contributed by atoms with E-state index in [2.05, 4.69) is 240 Å². The number of hydrogen-bond donors (Lipinski definition) is 0. The van der Waals surface area contributed by atoms with E-state index in [9.17, 15) is 0 Å². The van der Waals surface area contributed by atoms with Crippen molar-refractivity contribution in [2.24, 2.45) is 0 Å². The number of anilines is 3. The number of benzene rings is 10. The number of thiophene rings is 1. The molecule has 12 aromatic rings. The molecule has 61 heavy (non-hydrogen) atoms. The van der Waals surface area contributed by atoms with Crippen LogP contribution in [0.2, 0.25) is 0 Å². The van der Waals surface area contributed by atoms with Gasteiger partial charge in [0.25, 0.3) is 0 Å². The molecule has 0 amide bonds. The van der Waals surface area contributed by atoms with E-state index in [1.807, 2.05) is 11.3 Å². The lowest BCUT2D eigenvalue weighted by Crippen LogP contribution is -2.11. The van der Waals surface area contributed by atoms with Gasteiger partial charge in [0.2, 0.25) is 0 Å². The standard InChI is InChI=1S/C58H38N2S/c1-2-17-44-41(15-1)16-13-23-46(44)47-19-4-9-25-52(47)59(55-28-14-30-57-58(55)50-22-7-12-29-56(50)61-57)43-37-35-40(36-38-43)39-31-33-42(34-32-39)45-18-3-8-24-51(45)60-53-26-10-5-20-48(53)49-21-6-11-27-54(49)60/h1-38H. The van der Waals surface area contributed by atoms with Gasteiger partial charge in [-0.3, -0.25) is 0 Å². The highest BCUT2D eigenvalue weighted by Crippen LogP contribution is 2.48. The molecule has 2 nitrogen and oxygen atoms in total. The zero-order valence-corrected chi connectivity index (χ0v) is 34.1. The Labute approximate surface area is 358 Å². The Morgan fingerprint density at radius 1 is 0.328 bits per heavy atom. The lowest BCUT2D eigenvalue weighted by atomic mass is 9.95. The van der Waals surface area contributed by atoms with E-state index in [4.69, 9.17) is 0 Å². The van der Waals surface area contributed by atoms with E-state index in [0.717, 1.165) is 11.4 Å². The first-order chi connectivity index (χ1) is 30.3. The van der Waals surface area contributed by atoms with Gasteiger partial charge in [-0.15, -0.1) is 11.3 Å². The second kappa shape index (κ2) is 14.5. The van der Waals surface area contributed by atoms with Crippen LogP contribution in [-0.2, 0) is 0 Å². The molecule has 0 unspecified atom stereocenters. The van der Waals surface area contributed by atoms with E-state index in [-0.39, 0.29) is 0 Å². The smallest absolute Gasteiger partial charge is 0.0555 e. The maximum atomic E-state index is 2.47. The minimum absolute atomic E-state index is 1.11. The molecule has 0 fully saturated rings. The molecule has 286 valence electrons. The highest BCUT2D eigenvalue weighted by atomic mass is 32.1. The quantitative estimate of drug-likeness (QED) is 0.156. The number of para-hydroxylation sites is 4. The van der Waals surface area contributed by atoms with Crippen molar-refractivity contribution in [3.05, 3.63) is 231 Å². The Morgan fingerprint density at radius 3 is 1.61 bits per heavy atom. The maximum absolute atomic E-state index is 2.47. The van der Waals surface area contributed by atoms with Gasteiger partial charge >= 0.3 is 0 Å². The van der Waals surface area contributed by atoms with E-state index in [1.54, 1.807) is 0 Å². The third-order valence-corrected chi connectivity index (χ3v) is 13.4. The van der Waals surface area contributed by atoms with Crippen molar-refractivity contribution in [2.75, 3.05) is 4.90 Å². The van der Waals surface area contributed by atoms with Crippen LogP contribution in [0.4, 0.5) is 17.1 Å². The molecule has 0 aliphatic rings. The molecule has 0 aliphatic carbocycles. The Balaban J connectivity index is 0.966. The van der Waals surface area contributed by atoms with Crippen molar-refractivity contribution in [3.63, 3.8) is 0 Å². The lowest BCUT2D eigenvalue weighted by Gasteiger charge is -2.29. The normalized spacial score (nSPS) is 11.6. The Morgan fingerprint density at radius 2 is 0.836 bits per heavy atom. The van der Waals surface area contributed by atoms with E-state index >= 15 is 0 Å². The number of rotatable bonds is 7. The topological polar surface area (TPSA) is 8.17 Å². The van der Waals surface area contributed by atoms with Gasteiger partial charge in [0.1, 0.15) is 0 Å². The molecule has 0 saturated heterocycles.